The standard InChI is InChI=1S/C25H29ClN4O/c1-18(31)17-29-12-14-30(15-13-29)25-22(16-21-10-6-7-11-23(21)26)19(2)27-24(28-25)20-8-4-3-5-9-20/h3-11,18,31H,12-17H2,1-2H3. The van der Waals surface area contributed by atoms with Gasteiger partial charge in [0.15, 0.2) is 5.82 Å². The first-order valence-corrected chi connectivity index (χ1v) is 11.2. The third kappa shape index (κ3) is 5.24. The molecular formula is C25H29ClN4O. The largest absolute Gasteiger partial charge is 0.392 e. The molecule has 1 N–H and O–H groups in total. The Labute approximate surface area is 189 Å². The Morgan fingerprint density at radius 1 is 0.968 bits per heavy atom. The second kappa shape index (κ2) is 9.77. The summed E-state index contributed by atoms with van der Waals surface area (Å²) in [4.78, 5) is 14.6. The van der Waals surface area contributed by atoms with Crippen LogP contribution in [0.1, 0.15) is 23.7 Å². The molecule has 0 saturated carbocycles. The topological polar surface area (TPSA) is 52.5 Å². The van der Waals surface area contributed by atoms with E-state index >= 15 is 0 Å². The van der Waals surface area contributed by atoms with Crippen molar-refractivity contribution in [3.05, 3.63) is 76.4 Å². The van der Waals surface area contributed by atoms with Crippen LogP contribution in [-0.2, 0) is 6.42 Å². The van der Waals surface area contributed by atoms with Crippen molar-refractivity contribution >= 4 is 17.4 Å². The van der Waals surface area contributed by atoms with Gasteiger partial charge in [0.2, 0.25) is 0 Å². The summed E-state index contributed by atoms with van der Waals surface area (Å²) in [6.07, 6.45) is 0.386. The number of aliphatic hydroxyl groups excluding tert-OH is 1. The molecule has 0 bridgehead atoms. The van der Waals surface area contributed by atoms with E-state index in [0.717, 1.165) is 65.2 Å². The minimum Gasteiger partial charge on any atom is -0.392 e. The Balaban J connectivity index is 1.70. The molecule has 2 aromatic carbocycles. The monoisotopic (exact) mass is 436 g/mol. The van der Waals surface area contributed by atoms with Crippen molar-refractivity contribution in [2.24, 2.45) is 0 Å². The molecule has 0 radical (unpaired) electrons. The van der Waals surface area contributed by atoms with Gasteiger partial charge in [-0.05, 0) is 25.5 Å². The summed E-state index contributed by atoms with van der Waals surface area (Å²) in [5, 5.41) is 10.5. The third-order valence-electron chi connectivity index (χ3n) is 5.74. The molecule has 162 valence electrons. The van der Waals surface area contributed by atoms with E-state index in [1.54, 1.807) is 0 Å². The van der Waals surface area contributed by atoms with Crippen LogP contribution in [0.3, 0.4) is 0 Å². The van der Waals surface area contributed by atoms with E-state index in [-0.39, 0.29) is 6.10 Å². The normalized spacial score (nSPS) is 15.8. The number of benzene rings is 2. The lowest BCUT2D eigenvalue weighted by Gasteiger charge is -2.37. The Bertz CT molecular complexity index is 1020. The summed E-state index contributed by atoms with van der Waals surface area (Å²) in [5.41, 5.74) is 4.20. The van der Waals surface area contributed by atoms with Crippen LogP contribution in [0.15, 0.2) is 54.6 Å². The van der Waals surface area contributed by atoms with Gasteiger partial charge in [-0.25, -0.2) is 9.97 Å². The van der Waals surface area contributed by atoms with E-state index in [2.05, 4.69) is 22.8 Å². The molecule has 1 aromatic heterocycles. The number of aromatic nitrogens is 2. The second-order valence-corrected chi connectivity index (χ2v) is 8.61. The number of hydrogen-bond donors (Lipinski definition) is 1. The van der Waals surface area contributed by atoms with Crippen molar-refractivity contribution in [1.29, 1.82) is 0 Å². The van der Waals surface area contributed by atoms with Crippen molar-refractivity contribution in [3.63, 3.8) is 0 Å². The molecule has 1 aliphatic rings. The Kier molecular flexibility index (Phi) is 6.86. The quantitative estimate of drug-likeness (QED) is 0.627. The van der Waals surface area contributed by atoms with Gasteiger partial charge >= 0.3 is 0 Å². The summed E-state index contributed by atoms with van der Waals surface area (Å²) in [6.45, 7) is 8.15. The summed E-state index contributed by atoms with van der Waals surface area (Å²) in [5.74, 6) is 1.74. The summed E-state index contributed by atoms with van der Waals surface area (Å²) in [6, 6.07) is 18.1. The SMILES string of the molecule is Cc1nc(-c2ccccc2)nc(N2CCN(CC(C)O)CC2)c1Cc1ccccc1Cl. The van der Waals surface area contributed by atoms with E-state index < -0.39 is 0 Å². The fraction of sp³-hybridized carbons (Fsp3) is 0.360. The highest BCUT2D eigenvalue weighted by molar-refractivity contribution is 6.31. The van der Waals surface area contributed by atoms with Crippen molar-refractivity contribution < 1.29 is 5.11 Å². The number of piperazine rings is 1. The zero-order valence-electron chi connectivity index (χ0n) is 18.1. The van der Waals surface area contributed by atoms with Gasteiger partial charge in [-0.2, -0.15) is 0 Å². The molecule has 2 heterocycles. The van der Waals surface area contributed by atoms with Gasteiger partial charge in [0.25, 0.3) is 0 Å². The first kappa shape index (κ1) is 21.8. The fourth-order valence-corrected chi connectivity index (χ4v) is 4.32. The predicted octanol–water partition coefficient (Wildman–Crippen LogP) is 4.20. The van der Waals surface area contributed by atoms with E-state index in [1.165, 1.54) is 0 Å². The average Bonchev–Trinajstić information content (AvgIpc) is 2.77. The van der Waals surface area contributed by atoms with E-state index in [4.69, 9.17) is 21.6 Å². The van der Waals surface area contributed by atoms with Gasteiger partial charge in [-0.1, -0.05) is 60.1 Å². The summed E-state index contributed by atoms with van der Waals surface area (Å²) in [7, 11) is 0. The predicted molar refractivity (Wildman–Crippen MR) is 127 cm³/mol. The second-order valence-electron chi connectivity index (χ2n) is 8.21. The van der Waals surface area contributed by atoms with Crippen LogP contribution in [0.5, 0.6) is 0 Å². The molecule has 1 atom stereocenters. The molecule has 3 aromatic rings. The van der Waals surface area contributed by atoms with Crippen LogP contribution >= 0.6 is 11.6 Å². The highest BCUT2D eigenvalue weighted by atomic mass is 35.5. The van der Waals surface area contributed by atoms with E-state index in [0.29, 0.717) is 13.0 Å². The fourth-order valence-electron chi connectivity index (χ4n) is 4.11. The maximum absolute atomic E-state index is 9.73. The summed E-state index contributed by atoms with van der Waals surface area (Å²) < 4.78 is 0. The Morgan fingerprint density at radius 2 is 1.65 bits per heavy atom. The number of halogens is 1. The summed E-state index contributed by atoms with van der Waals surface area (Å²) >= 11 is 6.47. The van der Waals surface area contributed by atoms with E-state index in [9.17, 15) is 5.11 Å². The van der Waals surface area contributed by atoms with Gasteiger partial charge < -0.3 is 10.0 Å². The number of anilines is 1. The van der Waals surface area contributed by atoms with Gasteiger partial charge in [-0.3, -0.25) is 4.90 Å². The Hall–Kier alpha value is -2.47. The molecule has 0 amide bonds. The lowest BCUT2D eigenvalue weighted by molar-refractivity contribution is 0.122. The number of aryl methyl sites for hydroxylation is 1. The van der Waals surface area contributed by atoms with Gasteiger partial charge in [0, 0.05) is 61.0 Å². The van der Waals surface area contributed by atoms with Crippen molar-refractivity contribution in [2.75, 3.05) is 37.6 Å². The molecule has 4 rings (SSSR count). The zero-order valence-corrected chi connectivity index (χ0v) is 18.9. The molecule has 5 nitrogen and oxygen atoms in total. The van der Waals surface area contributed by atoms with Crippen molar-refractivity contribution in [1.82, 2.24) is 14.9 Å². The van der Waals surface area contributed by atoms with E-state index in [1.807, 2.05) is 55.5 Å². The van der Waals surface area contributed by atoms with Crippen molar-refractivity contribution in [2.45, 2.75) is 26.4 Å². The number of aliphatic hydroxyl groups is 1. The third-order valence-corrected chi connectivity index (χ3v) is 6.11. The molecule has 1 unspecified atom stereocenters. The molecule has 1 aliphatic heterocycles. The van der Waals surface area contributed by atoms with Crippen LogP contribution < -0.4 is 4.90 Å². The number of rotatable bonds is 6. The highest BCUT2D eigenvalue weighted by Gasteiger charge is 2.24. The minimum absolute atomic E-state index is 0.312. The van der Waals surface area contributed by atoms with Gasteiger partial charge in [-0.15, -0.1) is 0 Å². The lowest BCUT2D eigenvalue weighted by atomic mass is 10.0. The van der Waals surface area contributed by atoms with Crippen LogP contribution in [-0.4, -0.2) is 58.8 Å². The van der Waals surface area contributed by atoms with Crippen molar-refractivity contribution in [3.8, 4) is 11.4 Å². The van der Waals surface area contributed by atoms with Crippen LogP contribution in [0.25, 0.3) is 11.4 Å². The lowest BCUT2D eigenvalue weighted by Crippen LogP contribution is -2.48. The van der Waals surface area contributed by atoms with Crippen LogP contribution in [0.2, 0.25) is 5.02 Å². The first-order valence-electron chi connectivity index (χ1n) is 10.8. The number of β-amino-alcohol motifs (C(OH)–C–C–N with tert-alkyl or cyclic N) is 1. The molecule has 1 fully saturated rings. The average molecular weight is 437 g/mol. The smallest absolute Gasteiger partial charge is 0.161 e. The Morgan fingerprint density at radius 3 is 2.32 bits per heavy atom. The first-order chi connectivity index (χ1) is 15.0. The molecule has 31 heavy (non-hydrogen) atoms. The number of hydrogen-bond acceptors (Lipinski definition) is 5. The number of nitrogens with zero attached hydrogens (tertiary/aromatic N) is 4. The van der Waals surface area contributed by atoms with Gasteiger partial charge in [0.05, 0.1) is 6.10 Å². The van der Waals surface area contributed by atoms with Crippen LogP contribution in [0.4, 0.5) is 5.82 Å². The molecular weight excluding hydrogens is 408 g/mol. The molecule has 6 heteroatoms. The molecule has 1 saturated heterocycles. The maximum Gasteiger partial charge on any atom is 0.161 e. The zero-order chi connectivity index (χ0) is 21.8. The highest BCUT2D eigenvalue weighted by Crippen LogP contribution is 2.30. The molecule has 0 spiro atoms. The minimum atomic E-state index is -0.312. The van der Waals surface area contributed by atoms with Crippen LogP contribution in [0, 0.1) is 6.92 Å². The maximum atomic E-state index is 9.73. The molecule has 0 aliphatic carbocycles. The van der Waals surface area contributed by atoms with Gasteiger partial charge in [0.1, 0.15) is 5.82 Å².